The molecule has 4 nitrogen and oxygen atoms in total. The molecule has 2 N–H and O–H groups in total. The number of carbonyl (C=O) groups is 1. The van der Waals surface area contributed by atoms with Crippen molar-refractivity contribution in [1.29, 1.82) is 0 Å². The molecule has 1 aromatic carbocycles. The minimum atomic E-state index is -0.407. The standard InChI is InChI=1S/C13H8O4S/c14-9-4-3-8-11(15)10(17-13(8)12(9)16)6-7-2-1-5-18-7/h1-6,14,16H/b10-6-. The van der Waals surface area contributed by atoms with Crippen molar-refractivity contribution >= 4 is 23.2 Å². The molecule has 3 rings (SSSR count). The van der Waals surface area contributed by atoms with Gasteiger partial charge in [-0.2, -0.15) is 0 Å². The van der Waals surface area contributed by atoms with Gasteiger partial charge in [-0.05, 0) is 23.6 Å². The molecule has 18 heavy (non-hydrogen) atoms. The number of fused-ring (bicyclic) bond motifs is 1. The molecular formula is C13H8O4S. The van der Waals surface area contributed by atoms with Crippen molar-refractivity contribution < 1.29 is 19.7 Å². The van der Waals surface area contributed by atoms with Gasteiger partial charge in [0, 0.05) is 11.0 Å². The van der Waals surface area contributed by atoms with Gasteiger partial charge >= 0.3 is 0 Å². The summed E-state index contributed by atoms with van der Waals surface area (Å²) in [6, 6.07) is 6.42. The Labute approximate surface area is 106 Å². The van der Waals surface area contributed by atoms with Crippen LogP contribution in [-0.4, -0.2) is 16.0 Å². The molecule has 2 heterocycles. The van der Waals surface area contributed by atoms with Crippen LogP contribution < -0.4 is 4.74 Å². The summed E-state index contributed by atoms with van der Waals surface area (Å²) in [4.78, 5) is 12.9. The van der Waals surface area contributed by atoms with E-state index in [1.54, 1.807) is 6.08 Å². The fourth-order valence-corrected chi connectivity index (χ4v) is 2.38. The number of ether oxygens (including phenoxy) is 1. The van der Waals surface area contributed by atoms with E-state index in [4.69, 9.17) is 4.74 Å². The summed E-state index contributed by atoms with van der Waals surface area (Å²) in [5.74, 6) is -0.848. The van der Waals surface area contributed by atoms with E-state index in [-0.39, 0.29) is 28.6 Å². The topological polar surface area (TPSA) is 66.8 Å². The molecule has 0 unspecified atom stereocenters. The lowest BCUT2D eigenvalue weighted by molar-refractivity contribution is 0.101. The summed E-state index contributed by atoms with van der Waals surface area (Å²) in [5.41, 5.74) is 0.258. The van der Waals surface area contributed by atoms with Gasteiger partial charge in [-0.15, -0.1) is 11.3 Å². The van der Waals surface area contributed by atoms with Crippen LogP contribution in [0.1, 0.15) is 15.2 Å². The van der Waals surface area contributed by atoms with Gasteiger partial charge in [0.2, 0.25) is 11.5 Å². The van der Waals surface area contributed by atoms with Gasteiger partial charge in [-0.3, -0.25) is 4.79 Å². The van der Waals surface area contributed by atoms with Gasteiger partial charge in [0.15, 0.2) is 17.3 Å². The molecule has 0 atom stereocenters. The molecule has 0 aliphatic carbocycles. The predicted octanol–water partition coefficient (Wildman–Crippen LogP) is 2.78. The quantitative estimate of drug-likeness (QED) is 0.611. The van der Waals surface area contributed by atoms with Gasteiger partial charge in [-0.25, -0.2) is 0 Å². The summed E-state index contributed by atoms with van der Waals surface area (Å²) < 4.78 is 5.31. The summed E-state index contributed by atoms with van der Waals surface area (Å²) in [6.07, 6.45) is 1.61. The minimum absolute atomic E-state index is 0.0165. The average molecular weight is 260 g/mol. The molecule has 0 bridgehead atoms. The van der Waals surface area contributed by atoms with Crippen LogP contribution in [-0.2, 0) is 0 Å². The maximum Gasteiger partial charge on any atom is 0.232 e. The van der Waals surface area contributed by atoms with Crippen LogP contribution in [0.4, 0.5) is 0 Å². The number of thiophene rings is 1. The number of hydrogen-bond donors (Lipinski definition) is 2. The second kappa shape index (κ2) is 3.89. The Morgan fingerprint density at radius 3 is 2.78 bits per heavy atom. The fraction of sp³-hybridized carbons (Fsp3) is 0. The number of benzene rings is 1. The lowest BCUT2D eigenvalue weighted by Gasteiger charge is -2.02. The highest BCUT2D eigenvalue weighted by Gasteiger charge is 2.31. The molecular weight excluding hydrogens is 252 g/mol. The second-order valence-corrected chi connectivity index (χ2v) is 4.74. The first-order chi connectivity index (χ1) is 8.66. The molecule has 5 heteroatoms. The zero-order valence-corrected chi connectivity index (χ0v) is 9.90. The van der Waals surface area contributed by atoms with Gasteiger partial charge < -0.3 is 14.9 Å². The number of carbonyl (C=O) groups excluding carboxylic acids is 1. The molecule has 1 aromatic heterocycles. The van der Waals surface area contributed by atoms with Crippen LogP contribution in [0.5, 0.6) is 17.2 Å². The minimum Gasteiger partial charge on any atom is -0.504 e. The summed E-state index contributed by atoms with van der Waals surface area (Å²) >= 11 is 1.48. The Morgan fingerprint density at radius 2 is 2.06 bits per heavy atom. The third-order valence-corrected chi connectivity index (χ3v) is 3.43. The average Bonchev–Trinajstić information content (AvgIpc) is 2.95. The highest BCUT2D eigenvalue weighted by molar-refractivity contribution is 7.10. The van der Waals surface area contributed by atoms with E-state index < -0.39 is 5.75 Å². The Morgan fingerprint density at radius 1 is 1.22 bits per heavy atom. The molecule has 1 aliphatic rings. The molecule has 0 saturated carbocycles. The summed E-state index contributed by atoms with van der Waals surface area (Å²) in [7, 11) is 0. The third kappa shape index (κ3) is 1.56. The van der Waals surface area contributed by atoms with Crippen molar-refractivity contribution in [2.75, 3.05) is 0 Å². The Balaban J connectivity index is 2.07. The number of rotatable bonds is 1. The van der Waals surface area contributed by atoms with E-state index >= 15 is 0 Å². The van der Waals surface area contributed by atoms with E-state index in [0.29, 0.717) is 0 Å². The van der Waals surface area contributed by atoms with Crippen molar-refractivity contribution in [3.8, 4) is 17.2 Å². The van der Waals surface area contributed by atoms with E-state index in [0.717, 1.165) is 4.88 Å². The van der Waals surface area contributed by atoms with Crippen LogP contribution in [0.3, 0.4) is 0 Å². The number of ketones is 1. The van der Waals surface area contributed by atoms with Crippen LogP contribution >= 0.6 is 11.3 Å². The summed E-state index contributed by atoms with van der Waals surface area (Å²) in [5, 5.41) is 20.9. The number of phenols is 2. The number of hydrogen-bond acceptors (Lipinski definition) is 5. The van der Waals surface area contributed by atoms with Crippen molar-refractivity contribution in [2.45, 2.75) is 0 Å². The molecule has 90 valence electrons. The van der Waals surface area contributed by atoms with Gasteiger partial charge in [0.1, 0.15) is 0 Å². The first-order valence-corrected chi connectivity index (χ1v) is 6.07. The zero-order chi connectivity index (χ0) is 12.7. The van der Waals surface area contributed by atoms with Crippen molar-refractivity contribution in [3.63, 3.8) is 0 Å². The maximum atomic E-state index is 12.0. The number of allylic oxidation sites excluding steroid dienone is 1. The fourth-order valence-electron chi connectivity index (χ4n) is 1.73. The van der Waals surface area contributed by atoms with Crippen LogP contribution in [0.2, 0.25) is 0 Å². The molecule has 0 radical (unpaired) electrons. The highest BCUT2D eigenvalue weighted by atomic mass is 32.1. The molecule has 0 fully saturated rings. The Bertz CT molecular complexity index is 656. The molecule has 0 spiro atoms. The van der Waals surface area contributed by atoms with Crippen molar-refractivity contribution in [2.24, 2.45) is 0 Å². The number of Topliss-reactive ketones (excluding diaryl/α,β-unsaturated/α-hetero) is 1. The molecule has 0 amide bonds. The van der Waals surface area contributed by atoms with Gasteiger partial charge in [0.05, 0.1) is 5.56 Å². The van der Waals surface area contributed by atoms with Crippen LogP contribution in [0.15, 0.2) is 35.4 Å². The van der Waals surface area contributed by atoms with Crippen LogP contribution in [0.25, 0.3) is 6.08 Å². The van der Waals surface area contributed by atoms with Crippen molar-refractivity contribution in [3.05, 3.63) is 45.8 Å². The normalized spacial score (nSPS) is 15.8. The molecule has 1 aliphatic heterocycles. The largest absolute Gasteiger partial charge is 0.504 e. The lowest BCUT2D eigenvalue weighted by atomic mass is 10.1. The van der Waals surface area contributed by atoms with E-state index in [2.05, 4.69) is 0 Å². The van der Waals surface area contributed by atoms with Gasteiger partial charge in [-0.1, -0.05) is 6.07 Å². The first-order valence-electron chi connectivity index (χ1n) is 5.19. The van der Waals surface area contributed by atoms with Crippen LogP contribution in [0, 0.1) is 0 Å². The highest BCUT2D eigenvalue weighted by Crippen LogP contribution is 2.44. The Hall–Kier alpha value is -2.27. The lowest BCUT2D eigenvalue weighted by Crippen LogP contribution is -1.97. The van der Waals surface area contributed by atoms with Gasteiger partial charge in [0.25, 0.3) is 0 Å². The number of aromatic hydroxyl groups is 2. The van der Waals surface area contributed by atoms with E-state index in [9.17, 15) is 15.0 Å². The maximum absolute atomic E-state index is 12.0. The third-order valence-electron chi connectivity index (χ3n) is 2.61. The molecule has 2 aromatic rings. The first kappa shape index (κ1) is 10.9. The SMILES string of the molecule is O=C1/C(=C/c2cccs2)Oc2c1ccc(O)c2O. The van der Waals surface area contributed by atoms with Crippen molar-refractivity contribution in [1.82, 2.24) is 0 Å². The van der Waals surface area contributed by atoms with E-state index in [1.165, 1.54) is 23.5 Å². The monoisotopic (exact) mass is 260 g/mol. The Kier molecular flexibility index (Phi) is 2.34. The smallest absolute Gasteiger partial charge is 0.232 e. The van der Waals surface area contributed by atoms with E-state index in [1.807, 2.05) is 17.5 Å². The zero-order valence-electron chi connectivity index (χ0n) is 9.08. The summed E-state index contributed by atoms with van der Waals surface area (Å²) in [6.45, 7) is 0. The number of phenolic OH excluding ortho intramolecular Hbond substituents is 2. The molecule has 0 saturated heterocycles. The predicted molar refractivity (Wildman–Crippen MR) is 67.0 cm³/mol. The second-order valence-electron chi connectivity index (χ2n) is 3.77.